The summed E-state index contributed by atoms with van der Waals surface area (Å²) >= 11 is 1.35. The van der Waals surface area contributed by atoms with E-state index in [0.29, 0.717) is 19.1 Å². The van der Waals surface area contributed by atoms with Gasteiger partial charge in [-0.2, -0.15) is 0 Å². The maximum absolute atomic E-state index is 12.4. The summed E-state index contributed by atoms with van der Waals surface area (Å²) in [5.74, 6) is 1.04. The molecule has 130 valence electrons. The van der Waals surface area contributed by atoms with E-state index in [1.54, 1.807) is 4.90 Å². The second-order valence-electron chi connectivity index (χ2n) is 6.52. The van der Waals surface area contributed by atoms with Crippen molar-refractivity contribution in [1.82, 2.24) is 14.7 Å². The number of ether oxygens (including phenoxy) is 1. The van der Waals surface area contributed by atoms with Gasteiger partial charge in [-0.15, -0.1) is 0 Å². The zero-order valence-corrected chi connectivity index (χ0v) is 14.6. The first-order chi connectivity index (χ1) is 11.2. The average molecular weight is 341 g/mol. The van der Waals surface area contributed by atoms with Gasteiger partial charge in [0.1, 0.15) is 0 Å². The highest BCUT2D eigenvalue weighted by Gasteiger charge is 2.25. The lowest BCUT2D eigenvalue weighted by molar-refractivity contribution is -0.131. The van der Waals surface area contributed by atoms with E-state index in [-0.39, 0.29) is 11.1 Å². The Morgan fingerprint density at radius 3 is 2.83 bits per heavy atom. The van der Waals surface area contributed by atoms with Crippen LogP contribution in [0.4, 0.5) is 4.79 Å². The minimum atomic E-state index is 0.122. The molecule has 0 spiro atoms. The number of carbonyl (C=O) groups is 2. The Morgan fingerprint density at radius 1 is 1.17 bits per heavy atom. The summed E-state index contributed by atoms with van der Waals surface area (Å²) in [4.78, 5) is 30.2. The fourth-order valence-corrected chi connectivity index (χ4v) is 4.35. The fourth-order valence-electron chi connectivity index (χ4n) is 3.50. The smallest absolute Gasteiger partial charge is 0.281 e. The van der Waals surface area contributed by atoms with Gasteiger partial charge in [0.25, 0.3) is 5.24 Å². The summed E-state index contributed by atoms with van der Waals surface area (Å²) in [6, 6.07) is 0. The lowest BCUT2D eigenvalue weighted by Gasteiger charge is -2.24. The van der Waals surface area contributed by atoms with E-state index in [2.05, 4.69) is 4.90 Å². The first kappa shape index (κ1) is 17.0. The summed E-state index contributed by atoms with van der Waals surface area (Å²) in [5.41, 5.74) is 0. The Balaban J connectivity index is 1.39. The summed E-state index contributed by atoms with van der Waals surface area (Å²) in [6.45, 7) is 6.87. The van der Waals surface area contributed by atoms with Crippen molar-refractivity contribution < 1.29 is 14.3 Å². The predicted octanol–water partition coefficient (Wildman–Crippen LogP) is 1.26. The van der Waals surface area contributed by atoms with Crippen LogP contribution in [0, 0.1) is 0 Å². The molecule has 0 radical (unpaired) electrons. The summed E-state index contributed by atoms with van der Waals surface area (Å²) in [6.07, 6.45) is 4.21. The lowest BCUT2D eigenvalue weighted by Crippen LogP contribution is -2.38. The number of carbonyl (C=O) groups excluding carboxylic acids is 2. The molecule has 0 aromatic carbocycles. The highest BCUT2D eigenvalue weighted by Crippen LogP contribution is 2.18. The molecule has 1 atom stereocenters. The largest absolute Gasteiger partial charge is 0.377 e. The third-order valence-electron chi connectivity index (χ3n) is 4.87. The van der Waals surface area contributed by atoms with Crippen molar-refractivity contribution in [1.29, 1.82) is 0 Å². The van der Waals surface area contributed by atoms with Crippen LogP contribution < -0.4 is 0 Å². The van der Waals surface area contributed by atoms with Gasteiger partial charge in [-0.3, -0.25) is 14.5 Å². The molecule has 0 bridgehead atoms. The highest BCUT2D eigenvalue weighted by atomic mass is 32.2. The molecule has 0 N–H and O–H groups in total. The van der Waals surface area contributed by atoms with Gasteiger partial charge in [0.05, 0.1) is 6.10 Å². The Bertz CT molecular complexity index is 429. The monoisotopic (exact) mass is 341 g/mol. The minimum Gasteiger partial charge on any atom is -0.377 e. The maximum atomic E-state index is 12.4. The Kier molecular flexibility index (Phi) is 6.19. The highest BCUT2D eigenvalue weighted by molar-refractivity contribution is 8.13. The molecule has 6 nitrogen and oxygen atoms in total. The first-order valence-corrected chi connectivity index (χ1v) is 9.74. The SMILES string of the molecule is O=C(CCN1CCSC1=O)N1CCCN(C[C@H]2CCCO2)CC1. The van der Waals surface area contributed by atoms with Gasteiger partial charge in [0, 0.05) is 58.0 Å². The number of rotatable bonds is 5. The fraction of sp³-hybridized carbons (Fsp3) is 0.875. The number of amides is 2. The van der Waals surface area contributed by atoms with Crippen molar-refractivity contribution in [2.75, 3.05) is 58.2 Å². The normalized spacial score (nSPS) is 26.8. The number of thioether (sulfide) groups is 1. The molecule has 3 rings (SSSR count). The summed E-state index contributed by atoms with van der Waals surface area (Å²) < 4.78 is 5.71. The van der Waals surface area contributed by atoms with E-state index in [4.69, 9.17) is 4.74 Å². The number of hydrogen-bond donors (Lipinski definition) is 0. The summed E-state index contributed by atoms with van der Waals surface area (Å²) in [5, 5.41) is 0.122. The van der Waals surface area contributed by atoms with Crippen LogP contribution in [0.2, 0.25) is 0 Å². The van der Waals surface area contributed by atoms with E-state index >= 15 is 0 Å². The Labute approximate surface area is 142 Å². The van der Waals surface area contributed by atoms with Crippen LogP contribution in [0.25, 0.3) is 0 Å². The van der Waals surface area contributed by atoms with Crippen LogP contribution in [0.3, 0.4) is 0 Å². The zero-order valence-electron chi connectivity index (χ0n) is 13.7. The molecule has 0 aromatic heterocycles. The second-order valence-corrected chi connectivity index (χ2v) is 7.57. The van der Waals surface area contributed by atoms with E-state index in [1.165, 1.54) is 24.6 Å². The lowest BCUT2D eigenvalue weighted by atomic mass is 10.2. The van der Waals surface area contributed by atoms with Crippen LogP contribution in [-0.4, -0.2) is 90.1 Å². The van der Waals surface area contributed by atoms with Crippen LogP contribution >= 0.6 is 11.8 Å². The predicted molar refractivity (Wildman–Crippen MR) is 90.7 cm³/mol. The van der Waals surface area contributed by atoms with Gasteiger partial charge in [-0.05, 0) is 25.8 Å². The van der Waals surface area contributed by atoms with Gasteiger partial charge in [-0.1, -0.05) is 11.8 Å². The second kappa shape index (κ2) is 8.35. The number of hydrogen-bond acceptors (Lipinski definition) is 5. The third kappa shape index (κ3) is 4.84. The zero-order chi connectivity index (χ0) is 16.1. The van der Waals surface area contributed by atoms with Crippen LogP contribution in [0.1, 0.15) is 25.7 Å². The Morgan fingerprint density at radius 2 is 2.09 bits per heavy atom. The minimum absolute atomic E-state index is 0.122. The van der Waals surface area contributed by atoms with Crippen LogP contribution in [0.15, 0.2) is 0 Å². The molecule has 0 saturated carbocycles. The van der Waals surface area contributed by atoms with Gasteiger partial charge in [0.15, 0.2) is 0 Å². The van der Waals surface area contributed by atoms with E-state index < -0.39 is 0 Å². The van der Waals surface area contributed by atoms with Crippen LogP contribution in [-0.2, 0) is 9.53 Å². The molecular weight excluding hydrogens is 314 g/mol. The number of nitrogens with zero attached hydrogens (tertiary/aromatic N) is 3. The van der Waals surface area contributed by atoms with Crippen molar-refractivity contribution in [2.45, 2.75) is 31.8 Å². The molecule has 3 heterocycles. The average Bonchev–Trinajstić information content (AvgIpc) is 3.13. The van der Waals surface area contributed by atoms with Crippen molar-refractivity contribution in [3.63, 3.8) is 0 Å². The molecule has 7 heteroatoms. The van der Waals surface area contributed by atoms with E-state index in [0.717, 1.165) is 58.0 Å². The van der Waals surface area contributed by atoms with Crippen molar-refractivity contribution in [3.05, 3.63) is 0 Å². The standard InChI is InChI=1S/C16H27N3O3S/c20-15(4-7-19-10-12-23-16(19)21)18-6-2-5-17(8-9-18)13-14-3-1-11-22-14/h14H,1-13H2/t14-/m1/s1. The molecule has 3 aliphatic rings. The van der Waals surface area contributed by atoms with Crippen molar-refractivity contribution in [3.8, 4) is 0 Å². The van der Waals surface area contributed by atoms with Crippen molar-refractivity contribution >= 4 is 22.9 Å². The van der Waals surface area contributed by atoms with Crippen LogP contribution in [0.5, 0.6) is 0 Å². The van der Waals surface area contributed by atoms with Gasteiger partial charge >= 0.3 is 0 Å². The van der Waals surface area contributed by atoms with Gasteiger partial charge in [0.2, 0.25) is 5.91 Å². The van der Waals surface area contributed by atoms with Crippen molar-refractivity contribution in [2.24, 2.45) is 0 Å². The molecule has 0 aromatic rings. The maximum Gasteiger partial charge on any atom is 0.281 e. The quantitative estimate of drug-likeness (QED) is 0.753. The first-order valence-electron chi connectivity index (χ1n) is 8.76. The molecular formula is C16H27N3O3S. The van der Waals surface area contributed by atoms with Gasteiger partial charge < -0.3 is 14.5 Å². The Hall–Kier alpha value is -0.790. The third-order valence-corrected chi connectivity index (χ3v) is 5.76. The molecule has 3 saturated heterocycles. The molecule has 3 fully saturated rings. The molecule has 0 aliphatic carbocycles. The topological polar surface area (TPSA) is 53.1 Å². The molecule has 3 aliphatic heterocycles. The molecule has 23 heavy (non-hydrogen) atoms. The van der Waals surface area contributed by atoms with E-state index in [1.807, 2.05) is 4.90 Å². The van der Waals surface area contributed by atoms with Gasteiger partial charge in [-0.25, -0.2) is 0 Å². The summed E-state index contributed by atoms with van der Waals surface area (Å²) in [7, 11) is 0. The van der Waals surface area contributed by atoms with E-state index in [9.17, 15) is 9.59 Å². The molecule has 0 unspecified atom stereocenters. The molecule has 2 amide bonds.